The number of amides is 2. The summed E-state index contributed by atoms with van der Waals surface area (Å²) in [6.07, 6.45) is 1.02. The lowest BCUT2D eigenvalue weighted by Crippen LogP contribution is -2.48. The minimum Gasteiger partial charge on any atom is -0.490 e. The van der Waals surface area contributed by atoms with Crippen LogP contribution in [-0.2, 0) is 16.0 Å². The molecule has 9 nitrogen and oxygen atoms in total. The van der Waals surface area contributed by atoms with Gasteiger partial charge in [-0.1, -0.05) is 11.3 Å². The molecule has 5 heterocycles. The van der Waals surface area contributed by atoms with E-state index in [-0.39, 0.29) is 29.4 Å². The SMILES string of the molecule is CC1(C)Cc2nc(N3CCOc4ccc(C(=O)N5C[C@H]6C[C@@H]5C(=O)O6)cc43)sc2C(=O)N1. The van der Waals surface area contributed by atoms with Gasteiger partial charge in [-0.25, -0.2) is 9.78 Å². The van der Waals surface area contributed by atoms with Crippen LogP contribution in [0.4, 0.5) is 10.8 Å². The Morgan fingerprint density at radius 2 is 2.16 bits per heavy atom. The van der Waals surface area contributed by atoms with Gasteiger partial charge in [-0.2, -0.15) is 0 Å². The van der Waals surface area contributed by atoms with E-state index < -0.39 is 6.04 Å². The molecule has 32 heavy (non-hydrogen) atoms. The van der Waals surface area contributed by atoms with Gasteiger partial charge in [-0.3, -0.25) is 9.59 Å². The molecule has 4 aliphatic heterocycles. The van der Waals surface area contributed by atoms with Gasteiger partial charge < -0.3 is 24.6 Å². The highest BCUT2D eigenvalue weighted by Crippen LogP contribution is 2.41. The van der Waals surface area contributed by atoms with E-state index in [0.29, 0.717) is 53.9 Å². The third kappa shape index (κ3) is 2.96. The van der Waals surface area contributed by atoms with Crippen LogP contribution in [0.15, 0.2) is 18.2 Å². The molecule has 0 spiro atoms. The van der Waals surface area contributed by atoms with E-state index in [1.165, 1.54) is 11.3 Å². The number of fused-ring (bicyclic) bond motifs is 4. The summed E-state index contributed by atoms with van der Waals surface area (Å²) in [4.78, 5) is 46.7. The number of ether oxygens (including phenoxy) is 2. The second kappa shape index (κ2) is 6.68. The number of carbonyl (C=O) groups is 3. The zero-order valence-electron chi connectivity index (χ0n) is 17.7. The van der Waals surface area contributed by atoms with E-state index in [1.54, 1.807) is 23.1 Å². The summed E-state index contributed by atoms with van der Waals surface area (Å²) in [5.41, 5.74) is 1.68. The molecule has 2 atom stereocenters. The van der Waals surface area contributed by atoms with Crippen molar-refractivity contribution in [2.45, 2.75) is 44.4 Å². The van der Waals surface area contributed by atoms with Crippen molar-refractivity contribution in [3.8, 4) is 5.75 Å². The average Bonchev–Trinajstić information content (AvgIpc) is 3.45. The average molecular weight is 455 g/mol. The van der Waals surface area contributed by atoms with Crippen molar-refractivity contribution >= 4 is 39.9 Å². The van der Waals surface area contributed by atoms with Crippen LogP contribution in [0.25, 0.3) is 0 Å². The molecule has 4 aliphatic rings. The van der Waals surface area contributed by atoms with Crippen LogP contribution in [0, 0.1) is 0 Å². The summed E-state index contributed by atoms with van der Waals surface area (Å²) < 4.78 is 11.0. The smallest absolute Gasteiger partial charge is 0.329 e. The summed E-state index contributed by atoms with van der Waals surface area (Å²) in [5, 5.41) is 3.73. The van der Waals surface area contributed by atoms with Crippen molar-refractivity contribution in [3.63, 3.8) is 0 Å². The third-order valence-corrected chi connectivity index (χ3v) is 7.45. The van der Waals surface area contributed by atoms with E-state index in [0.717, 1.165) is 11.4 Å². The molecule has 0 aliphatic carbocycles. The Hall–Kier alpha value is -3.14. The molecule has 2 fully saturated rings. The number of esters is 1. The van der Waals surface area contributed by atoms with E-state index in [9.17, 15) is 14.4 Å². The van der Waals surface area contributed by atoms with Crippen LogP contribution in [0.1, 0.15) is 46.0 Å². The van der Waals surface area contributed by atoms with E-state index in [4.69, 9.17) is 14.5 Å². The second-order valence-corrected chi connectivity index (χ2v) is 10.2. The molecule has 2 aromatic rings. The molecule has 1 aromatic heterocycles. The summed E-state index contributed by atoms with van der Waals surface area (Å²) in [7, 11) is 0. The molecule has 0 saturated carbocycles. The number of nitrogens with zero attached hydrogens (tertiary/aromatic N) is 3. The number of benzene rings is 1. The lowest BCUT2D eigenvalue weighted by atomic mass is 9.94. The normalized spacial score (nSPS) is 25.1. The van der Waals surface area contributed by atoms with Crippen LogP contribution in [0.3, 0.4) is 0 Å². The number of aromatic nitrogens is 1. The molecule has 6 rings (SSSR count). The van der Waals surface area contributed by atoms with Gasteiger partial charge in [0.25, 0.3) is 11.8 Å². The number of thiazole rings is 1. The van der Waals surface area contributed by atoms with E-state index >= 15 is 0 Å². The highest BCUT2D eigenvalue weighted by molar-refractivity contribution is 7.17. The van der Waals surface area contributed by atoms with E-state index in [2.05, 4.69) is 5.32 Å². The Morgan fingerprint density at radius 3 is 2.94 bits per heavy atom. The Bertz CT molecular complexity index is 1180. The number of likely N-dealkylation sites (tertiary alicyclic amines) is 1. The lowest BCUT2D eigenvalue weighted by molar-refractivity contribution is -0.149. The Kier molecular flexibility index (Phi) is 4.08. The maximum atomic E-state index is 13.2. The summed E-state index contributed by atoms with van der Waals surface area (Å²) in [6.45, 7) is 5.43. The lowest BCUT2D eigenvalue weighted by Gasteiger charge is -2.30. The highest BCUT2D eigenvalue weighted by Gasteiger charge is 2.48. The molecule has 2 saturated heterocycles. The molecule has 2 bridgehead atoms. The predicted molar refractivity (Wildman–Crippen MR) is 116 cm³/mol. The number of rotatable bonds is 2. The number of hydrogen-bond donors (Lipinski definition) is 1. The van der Waals surface area contributed by atoms with Gasteiger partial charge in [-0.05, 0) is 32.0 Å². The Labute approximate surface area is 188 Å². The van der Waals surface area contributed by atoms with Crippen molar-refractivity contribution in [1.29, 1.82) is 0 Å². The van der Waals surface area contributed by atoms with Gasteiger partial charge >= 0.3 is 5.97 Å². The van der Waals surface area contributed by atoms with Crippen LogP contribution in [0.5, 0.6) is 5.75 Å². The molecule has 0 unspecified atom stereocenters. The van der Waals surface area contributed by atoms with Gasteiger partial charge in [0.2, 0.25) is 0 Å². The molecule has 1 aromatic carbocycles. The van der Waals surface area contributed by atoms with Gasteiger partial charge in [-0.15, -0.1) is 0 Å². The fraction of sp³-hybridized carbons (Fsp3) is 0.455. The van der Waals surface area contributed by atoms with Gasteiger partial charge in [0.1, 0.15) is 29.4 Å². The van der Waals surface area contributed by atoms with Crippen molar-refractivity contribution in [2.75, 3.05) is 24.6 Å². The third-order valence-electron chi connectivity index (χ3n) is 6.33. The molecule has 0 radical (unpaired) electrons. The van der Waals surface area contributed by atoms with Crippen molar-refractivity contribution in [1.82, 2.24) is 15.2 Å². The maximum absolute atomic E-state index is 13.2. The largest absolute Gasteiger partial charge is 0.490 e. The first-order chi connectivity index (χ1) is 15.3. The zero-order valence-corrected chi connectivity index (χ0v) is 18.5. The highest BCUT2D eigenvalue weighted by atomic mass is 32.1. The first kappa shape index (κ1) is 19.5. The molecule has 2 amide bonds. The second-order valence-electron chi connectivity index (χ2n) is 9.24. The number of hydrogen-bond acceptors (Lipinski definition) is 8. The summed E-state index contributed by atoms with van der Waals surface area (Å²) >= 11 is 1.35. The monoisotopic (exact) mass is 454 g/mol. The fourth-order valence-electron chi connectivity index (χ4n) is 4.87. The number of carbonyl (C=O) groups excluding carboxylic acids is 3. The van der Waals surface area contributed by atoms with Gasteiger partial charge in [0, 0.05) is 23.9 Å². The van der Waals surface area contributed by atoms with Crippen LogP contribution < -0.4 is 15.0 Å². The topological polar surface area (TPSA) is 101 Å². The summed E-state index contributed by atoms with van der Waals surface area (Å²) in [5.74, 6) is 0.0376. The van der Waals surface area contributed by atoms with Crippen molar-refractivity contribution < 1.29 is 23.9 Å². The van der Waals surface area contributed by atoms with Crippen LogP contribution in [-0.4, -0.2) is 65.0 Å². The first-order valence-corrected chi connectivity index (χ1v) is 11.5. The number of morpholine rings is 1. The van der Waals surface area contributed by atoms with Crippen LogP contribution in [0.2, 0.25) is 0 Å². The van der Waals surface area contributed by atoms with E-state index in [1.807, 2.05) is 18.7 Å². The van der Waals surface area contributed by atoms with Gasteiger partial charge in [0.15, 0.2) is 5.13 Å². The Morgan fingerprint density at radius 1 is 1.31 bits per heavy atom. The minimum absolute atomic E-state index is 0.103. The first-order valence-electron chi connectivity index (χ1n) is 10.7. The summed E-state index contributed by atoms with van der Waals surface area (Å²) in [6, 6.07) is 4.80. The standard InChI is InChI=1S/C22H22N4O5S/c1-22(2)9-13-17(18(27)24-22)32-21(23-13)25-5-6-30-16-4-3-11(7-14(16)25)19(28)26-10-12-8-15(26)20(29)31-12/h3-4,7,12,15H,5-6,8-10H2,1-2H3,(H,24,27)/t12-,15-/m1/s1. The van der Waals surface area contributed by atoms with Crippen molar-refractivity contribution in [3.05, 3.63) is 34.3 Å². The van der Waals surface area contributed by atoms with Crippen LogP contribution >= 0.6 is 11.3 Å². The quantitative estimate of drug-likeness (QED) is 0.692. The van der Waals surface area contributed by atoms with Gasteiger partial charge in [0.05, 0.1) is 24.5 Å². The zero-order chi connectivity index (χ0) is 22.2. The molecule has 1 N–H and O–H groups in total. The molecular formula is C22H22N4O5S. The molecule has 10 heteroatoms. The van der Waals surface area contributed by atoms with Crippen molar-refractivity contribution in [2.24, 2.45) is 0 Å². The Balaban J connectivity index is 1.34. The predicted octanol–water partition coefficient (Wildman–Crippen LogP) is 1.88. The maximum Gasteiger partial charge on any atom is 0.329 e. The number of nitrogens with one attached hydrogen (secondary N) is 1. The number of anilines is 2. The minimum atomic E-state index is -0.497. The molecular weight excluding hydrogens is 432 g/mol. The molecule has 166 valence electrons. The fourth-order valence-corrected chi connectivity index (χ4v) is 5.89.